The lowest BCUT2D eigenvalue weighted by Crippen LogP contribution is -2.02. The van der Waals surface area contributed by atoms with Crippen molar-refractivity contribution in [1.82, 2.24) is 0 Å². The Morgan fingerprint density at radius 2 is 2.05 bits per heavy atom. The number of rotatable bonds is 3. The zero-order chi connectivity index (χ0) is 13.8. The van der Waals surface area contributed by atoms with Crippen LogP contribution in [0.4, 0.5) is 10.1 Å². The first-order valence-corrected chi connectivity index (χ1v) is 6.64. The molecule has 0 saturated heterocycles. The molecule has 0 amide bonds. The minimum Gasteiger partial charge on any atom is -0.381 e. The van der Waals surface area contributed by atoms with Gasteiger partial charge in [-0.2, -0.15) is 5.26 Å². The van der Waals surface area contributed by atoms with Gasteiger partial charge in [-0.1, -0.05) is 27.5 Å². The molecule has 96 valence electrons. The van der Waals surface area contributed by atoms with Crippen molar-refractivity contribution in [1.29, 1.82) is 5.26 Å². The molecule has 0 unspecified atom stereocenters. The highest BCUT2D eigenvalue weighted by Gasteiger charge is 2.04. The van der Waals surface area contributed by atoms with Crippen molar-refractivity contribution in [3.63, 3.8) is 0 Å². The van der Waals surface area contributed by atoms with E-state index in [1.165, 1.54) is 6.07 Å². The van der Waals surface area contributed by atoms with E-state index in [4.69, 9.17) is 16.9 Å². The molecule has 2 nitrogen and oxygen atoms in total. The van der Waals surface area contributed by atoms with Crippen LogP contribution in [0.15, 0.2) is 40.9 Å². The van der Waals surface area contributed by atoms with Crippen LogP contribution < -0.4 is 5.32 Å². The van der Waals surface area contributed by atoms with E-state index in [2.05, 4.69) is 21.2 Å². The quantitative estimate of drug-likeness (QED) is 0.878. The minimum absolute atomic E-state index is 0.273. The van der Waals surface area contributed by atoms with Crippen molar-refractivity contribution in [2.24, 2.45) is 0 Å². The average Bonchev–Trinajstić information content (AvgIpc) is 2.41. The van der Waals surface area contributed by atoms with Gasteiger partial charge in [-0.05, 0) is 36.4 Å². The maximum atomic E-state index is 13.5. The normalized spacial score (nSPS) is 10.0. The zero-order valence-corrected chi connectivity index (χ0v) is 12.1. The molecule has 0 bridgehead atoms. The fourth-order valence-corrected chi connectivity index (χ4v) is 2.17. The Hall–Kier alpha value is -1.57. The van der Waals surface area contributed by atoms with Crippen LogP contribution in [0.5, 0.6) is 0 Å². The molecule has 19 heavy (non-hydrogen) atoms. The second-order valence-electron chi connectivity index (χ2n) is 3.90. The van der Waals surface area contributed by atoms with Gasteiger partial charge in [0.1, 0.15) is 11.9 Å². The number of hydrogen-bond acceptors (Lipinski definition) is 2. The molecule has 2 aromatic carbocycles. The van der Waals surface area contributed by atoms with Crippen LogP contribution in [0.2, 0.25) is 5.02 Å². The van der Waals surface area contributed by atoms with Crippen molar-refractivity contribution < 1.29 is 4.39 Å². The van der Waals surface area contributed by atoms with Gasteiger partial charge >= 0.3 is 0 Å². The van der Waals surface area contributed by atoms with Gasteiger partial charge in [-0.15, -0.1) is 0 Å². The van der Waals surface area contributed by atoms with Crippen molar-refractivity contribution in [2.45, 2.75) is 6.54 Å². The van der Waals surface area contributed by atoms with E-state index >= 15 is 0 Å². The third kappa shape index (κ3) is 3.46. The van der Waals surface area contributed by atoms with E-state index in [0.29, 0.717) is 22.7 Å². The van der Waals surface area contributed by atoms with Crippen LogP contribution in [-0.2, 0) is 6.54 Å². The fourth-order valence-electron chi connectivity index (χ4n) is 1.60. The Bertz CT molecular complexity index is 652. The summed E-state index contributed by atoms with van der Waals surface area (Å²) in [5.41, 5.74) is 1.66. The van der Waals surface area contributed by atoms with Gasteiger partial charge in [0.15, 0.2) is 0 Å². The Morgan fingerprint density at radius 3 is 2.79 bits per heavy atom. The van der Waals surface area contributed by atoms with Crippen LogP contribution >= 0.6 is 27.5 Å². The Kier molecular flexibility index (Phi) is 4.41. The average molecular weight is 340 g/mol. The van der Waals surface area contributed by atoms with E-state index in [9.17, 15) is 4.39 Å². The van der Waals surface area contributed by atoms with Crippen LogP contribution in [0.1, 0.15) is 11.1 Å². The molecule has 0 spiro atoms. The molecule has 0 heterocycles. The molecular formula is C14H9BrClFN2. The monoisotopic (exact) mass is 338 g/mol. The summed E-state index contributed by atoms with van der Waals surface area (Å²) in [6.45, 7) is 0.331. The standard InChI is InChI=1S/C14H9BrClFN2/c15-11-1-4-14(17)10(5-11)8-19-12-2-3-13(16)9(6-12)7-18/h1-6,19H,8H2. The molecule has 0 aliphatic carbocycles. The van der Waals surface area contributed by atoms with Gasteiger partial charge in [0.2, 0.25) is 0 Å². The Balaban J connectivity index is 2.15. The first-order valence-electron chi connectivity index (χ1n) is 5.47. The summed E-state index contributed by atoms with van der Waals surface area (Å²) in [6, 6.07) is 11.8. The summed E-state index contributed by atoms with van der Waals surface area (Å²) in [5, 5.41) is 12.3. The summed E-state index contributed by atoms with van der Waals surface area (Å²) >= 11 is 9.14. The number of benzene rings is 2. The molecular weight excluding hydrogens is 331 g/mol. The maximum Gasteiger partial charge on any atom is 0.128 e. The summed E-state index contributed by atoms with van der Waals surface area (Å²) < 4.78 is 14.4. The van der Waals surface area contributed by atoms with Gasteiger partial charge < -0.3 is 5.32 Å². The summed E-state index contributed by atoms with van der Waals surface area (Å²) in [6.07, 6.45) is 0. The molecule has 0 saturated carbocycles. The Morgan fingerprint density at radius 1 is 1.26 bits per heavy atom. The molecule has 2 rings (SSSR count). The molecule has 0 radical (unpaired) electrons. The van der Waals surface area contributed by atoms with E-state index in [1.807, 2.05) is 6.07 Å². The van der Waals surface area contributed by atoms with Gasteiger partial charge in [0, 0.05) is 22.3 Å². The predicted octanol–water partition coefficient (Wildman–Crippen LogP) is 4.73. The van der Waals surface area contributed by atoms with E-state index in [1.54, 1.807) is 30.3 Å². The van der Waals surface area contributed by atoms with E-state index in [-0.39, 0.29) is 5.82 Å². The van der Waals surface area contributed by atoms with Crippen molar-refractivity contribution in [3.8, 4) is 6.07 Å². The van der Waals surface area contributed by atoms with Crippen molar-refractivity contribution in [3.05, 3.63) is 62.8 Å². The highest BCUT2D eigenvalue weighted by molar-refractivity contribution is 9.10. The molecule has 1 N–H and O–H groups in total. The number of anilines is 1. The largest absolute Gasteiger partial charge is 0.381 e. The molecule has 5 heteroatoms. The topological polar surface area (TPSA) is 35.8 Å². The highest BCUT2D eigenvalue weighted by Crippen LogP contribution is 2.21. The van der Waals surface area contributed by atoms with Crippen LogP contribution in [0, 0.1) is 17.1 Å². The predicted molar refractivity (Wildman–Crippen MR) is 77.6 cm³/mol. The molecule has 0 aliphatic rings. The second-order valence-corrected chi connectivity index (χ2v) is 5.22. The van der Waals surface area contributed by atoms with Gasteiger partial charge in [0.05, 0.1) is 10.6 Å². The van der Waals surface area contributed by atoms with E-state index < -0.39 is 0 Å². The molecule has 0 fully saturated rings. The smallest absolute Gasteiger partial charge is 0.128 e. The number of nitrogens with zero attached hydrogens (tertiary/aromatic N) is 1. The number of halogens is 3. The van der Waals surface area contributed by atoms with Gasteiger partial charge in [0.25, 0.3) is 0 Å². The lowest BCUT2D eigenvalue weighted by atomic mass is 10.2. The lowest BCUT2D eigenvalue weighted by Gasteiger charge is -2.08. The van der Waals surface area contributed by atoms with Gasteiger partial charge in [-0.25, -0.2) is 4.39 Å². The first-order chi connectivity index (χ1) is 9.10. The number of nitriles is 1. The second kappa shape index (κ2) is 6.05. The lowest BCUT2D eigenvalue weighted by molar-refractivity contribution is 0.612. The van der Waals surface area contributed by atoms with Crippen LogP contribution in [0.3, 0.4) is 0 Å². The van der Waals surface area contributed by atoms with E-state index in [0.717, 1.165) is 10.2 Å². The van der Waals surface area contributed by atoms with Crippen molar-refractivity contribution >= 4 is 33.2 Å². The zero-order valence-electron chi connectivity index (χ0n) is 9.75. The summed E-state index contributed by atoms with van der Waals surface area (Å²) in [7, 11) is 0. The van der Waals surface area contributed by atoms with Crippen LogP contribution in [-0.4, -0.2) is 0 Å². The molecule has 0 aliphatic heterocycles. The fraction of sp³-hybridized carbons (Fsp3) is 0.0714. The van der Waals surface area contributed by atoms with Gasteiger partial charge in [-0.3, -0.25) is 0 Å². The summed E-state index contributed by atoms with van der Waals surface area (Å²) in [4.78, 5) is 0. The summed E-state index contributed by atoms with van der Waals surface area (Å²) in [5.74, 6) is -0.273. The molecule has 0 atom stereocenters. The minimum atomic E-state index is -0.273. The number of hydrogen-bond donors (Lipinski definition) is 1. The molecule has 0 aromatic heterocycles. The Labute approximate surface area is 123 Å². The third-order valence-corrected chi connectivity index (χ3v) is 3.40. The SMILES string of the molecule is N#Cc1cc(NCc2cc(Br)ccc2F)ccc1Cl. The number of nitrogens with one attached hydrogen (secondary N) is 1. The van der Waals surface area contributed by atoms with Crippen molar-refractivity contribution in [2.75, 3.05) is 5.32 Å². The third-order valence-electron chi connectivity index (χ3n) is 2.58. The maximum absolute atomic E-state index is 13.5. The first kappa shape index (κ1) is 13.9. The van der Waals surface area contributed by atoms with Crippen LogP contribution in [0.25, 0.3) is 0 Å². The highest BCUT2D eigenvalue weighted by atomic mass is 79.9. The molecule has 2 aromatic rings.